The summed E-state index contributed by atoms with van der Waals surface area (Å²) in [6.07, 6.45) is 21.8. The van der Waals surface area contributed by atoms with Gasteiger partial charge in [0.05, 0.1) is 18.5 Å². The number of unbranched alkanes of at least 4 members (excludes halogenated alkanes) is 12. The summed E-state index contributed by atoms with van der Waals surface area (Å²) in [5, 5.41) is 12.2. The Morgan fingerprint density at radius 2 is 1.35 bits per heavy atom. The van der Waals surface area contributed by atoms with Crippen LogP contribution in [0.15, 0.2) is 4.99 Å². The minimum absolute atomic E-state index is 0.205. The van der Waals surface area contributed by atoms with E-state index in [1.807, 2.05) is 0 Å². The molecule has 0 saturated heterocycles. The first-order chi connectivity index (χ1) is 12.7. The molecule has 1 aliphatic heterocycles. The average Bonchev–Trinajstić information content (AvgIpc) is 3.06. The summed E-state index contributed by atoms with van der Waals surface area (Å²) >= 11 is 0. The number of nitrogens with zero attached hydrogens (tertiary/aromatic N) is 1. The van der Waals surface area contributed by atoms with Crippen molar-refractivity contribution in [3.05, 3.63) is 0 Å². The number of rotatable bonds is 18. The fourth-order valence-corrected chi connectivity index (χ4v) is 3.85. The highest BCUT2D eigenvalue weighted by Gasteiger charge is 2.15. The zero-order valence-corrected chi connectivity index (χ0v) is 17.8. The first-order valence-corrected chi connectivity index (χ1v) is 11.6. The van der Waals surface area contributed by atoms with Crippen molar-refractivity contribution in [1.82, 2.24) is 5.32 Å². The van der Waals surface area contributed by atoms with Gasteiger partial charge in [-0.2, -0.15) is 0 Å². The Balaban J connectivity index is 1.74. The molecule has 0 aromatic heterocycles. The number of hydrogen-bond acceptors (Lipinski definition) is 3. The van der Waals surface area contributed by atoms with Crippen molar-refractivity contribution in [1.29, 1.82) is 0 Å². The average molecular weight is 367 g/mol. The highest BCUT2D eigenvalue weighted by molar-refractivity contribution is 5.83. The number of nitrogens with one attached hydrogen (secondary N) is 1. The van der Waals surface area contributed by atoms with E-state index in [0.717, 1.165) is 18.3 Å². The number of hydrogen-bond donors (Lipinski definition) is 2. The van der Waals surface area contributed by atoms with E-state index in [1.54, 1.807) is 0 Å². The zero-order valence-electron chi connectivity index (χ0n) is 17.8. The second-order valence-corrected chi connectivity index (χ2v) is 8.65. The normalized spacial score (nSPS) is 16.9. The van der Waals surface area contributed by atoms with Crippen LogP contribution in [-0.4, -0.2) is 30.1 Å². The van der Waals surface area contributed by atoms with Gasteiger partial charge in [0.1, 0.15) is 0 Å². The maximum Gasteiger partial charge on any atom is 0.0991 e. The minimum atomic E-state index is 0.205. The van der Waals surface area contributed by atoms with Gasteiger partial charge in [0.25, 0.3) is 0 Å². The molecular weight excluding hydrogens is 320 g/mol. The quantitative estimate of drug-likeness (QED) is 0.282. The van der Waals surface area contributed by atoms with Crippen LogP contribution in [0.3, 0.4) is 0 Å². The van der Waals surface area contributed by atoms with Gasteiger partial charge in [-0.25, -0.2) is 0 Å². The lowest BCUT2D eigenvalue weighted by Gasteiger charge is -2.06. The molecule has 1 heterocycles. The zero-order chi connectivity index (χ0) is 18.9. The summed E-state index contributed by atoms with van der Waals surface area (Å²) < 4.78 is 0. The third-order valence-corrected chi connectivity index (χ3v) is 5.55. The Labute approximate surface area is 163 Å². The molecule has 3 nitrogen and oxygen atoms in total. The van der Waals surface area contributed by atoms with Crippen molar-refractivity contribution in [2.45, 2.75) is 123 Å². The van der Waals surface area contributed by atoms with Gasteiger partial charge in [0.15, 0.2) is 0 Å². The van der Waals surface area contributed by atoms with Crippen LogP contribution in [0.2, 0.25) is 0 Å². The second-order valence-electron chi connectivity index (χ2n) is 8.65. The molecule has 0 radical (unpaired) electrons. The molecule has 26 heavy (non-hydrogen) atoms. The van der Waals surface area contributed by atoms with Crippen molar-refractivity contribution in [2.75, 3.05) is 13.2 Å². The van der Waals surface area contributed by atoms with E-state index in [4.69, 9.17) is 5.11 Å². The summed E-state index contributed by atoms with van der Waals surface area (Å²) in [4.78, 5) is 4.63. The molecule has 0 saturated carbocycles. The third kappa shape index (κ3) is 13.6. The monoisotopic (exact) mass is 366 g/mol. The SMILES string of the molecule is CC(C)CCCCCCCCCCCCCCCC1CNC(CCO)=N1. The number of amidine groups is 1. The van der Waals surface area contributed by atoms with E-state index in [1.165, 1.54) is 96.3 Å². The lowest BCUT2D eigenvalue weighted by Crippen LogP contribution is -2.21. The summed E-state index contributed by atoms with van der Waals surface area (Å²) in [6.45, 7) is 5.85. The predicted octanol–water partition coefficient (Wildman–Crippen LogP) is 6.25. The van der Waals surface area contributed by atoms with Crippen LogP contribution in [0, 0.1) is 5.92 Å². The van der Waals surface area contributed by atoms with E-state index in [-0.39, 0.29) is 6.61 Å². The standard InChI is InChI=1S/C23H46N2O/c1-21(2)16-14-12-10-8-6-4-3-5-7-9-11-13-15-17-22-20-24-23(25-22)18-19-26/h21-22,26H,3-20H2,1-2H3,(H,24,25). The highest BCUT2D eigenvalue weighted by Crippen LogP contribution is 2.15. The second kappa shape index (κ2) is 16.6. The topological polar surface area (TPSA) is 44.6 Å². The Kier molecular flexibility index (Phi) is 15.0. The van der Waals surface area contributed by atoms with Crippen LogP contribution in [0.25, 0.3) is 0 Å². The molecule has 1 aliphatic rings. The third-order valence-electron chi connectivity index (χ3n) is 5.55. The van der Waals surface area contributed by atoms with Crippen LogP contribution < -0.4 is 5.32 Å². The first-order valence-electron chi connectivity index (χ1n) is 11.6. The summed E-state index contributed by atoms with van der Waals surface area (Å²) in [5.41, 5.74) is 0. The molecule has 1 atom stereocenters. The molecular formula is C23H46N2O. The van der Waals surface area contributed by atoms with Crippen molar-refractivity contribution >= 4 is 5.84 Å². The molecule has 0 fully saturated rings. The van der Waals surface area contributed by atoms with Gasteiger partial charge in [-0.3, -0.25) is 4.99 Å². The van der Waals surface area contributed by atoms with Crippen molar-refractivity contribution in [3.8, 4) is 0 Å². The number of aliphatic hydroxyl groups is 1. The van der Waals surface area contributed by atoms with E-state index in [2.05, 4.69) is 24.2 Å². The number of aliphatic hydroxyl groups excluding tert-OH is 1. The van der Waals surface area contributed by atoms with E-state index >= 15 is 0 Å². The van der Waals surface area contributed by atoms with Crippen LogP contribution >= 0.6 is 0 Å². The van der Waals surface area contributed by atoms with E-state index < -0.39 is 0 Å². The fraction of sp³-hybridized carbons (Fsp3) is 0.957. The van der Waals surface area contributed by atoms with Gasteiger partial charge in [-0.15, -0.1) is 0 Å². The van der Waals surface area contributed by atoms with Crippen molar-refractivity contribution < 1.29 is 5.11 Å². The smallest absolute Gasteiger partial charge is 0.0991 e. The molecule has 0 aromatic carbocycles. The van der Waals surface area contributed by atoms with Crippen molar-refractivity contribution in [3.63, 3.8) is 0 Å². The minimum Gasteiger partial charge on any atom is -0.396 e. The predicted molar refractivity (Wildman–Crippen MR) is 115 cm³/mol. The molecule has 0 spiro atoms. The molecule has 2 N–H and O–H groups in total. The van der Waals surface area contributed by atoms with Gasteiger partial charge < -0.3 is 10.4 Å². The molecule has 0 amide bonds. The summed E-state index contributed by atoms with van der Waals surface area (Å²) in [6, 6.07) is 0.460. The lowest BCUT2D eigenvalue weighted by atomic mass is 10.0. The van der Waals surface area contributed by atoms with Crippen LogP contribution in [0.1, 0.15) is 117 Å². The summed E-state index contributed by atoms with van der Waals surface area (Å²) in [7, 11) is 0. The molecule has 0 aliphatic carbocycles. The summed E-state index contributed by atoms with van der Waals surface area (Å²) in [5.74, 6) is 1.89. The van der Waals surface area contributed by atoms with Crippen molar-refractivity contribution in [2.24, 2.45) is 10.9 Å². The molecule has 1 rings (SSSR count). The first kappa shape index (κ1) is 23.5. The highest BCUT2D eigenvalue weighted by atomic mass is 16.3. The van der Waals surface area contributed by atoms with Crippen LogP contribution in [-0.2, 0) is 0 Å². The van der Waals surface area contributed by atoms with Gasteiger partial charge in [-0.1, -0.05) is 104 Å². The van der Waals surface area contributed by atoms with Crippen LogP contribution in [0.5, 0.6) is 0 Å². The fourth-order valence-electron chi connectivity index (χ4n) is 3.85. The molecule has 3 heteroatoms. The van der Waals surface area contributed by atoms with Gasteiger partial charge in [0, 0.05) is 13.0 Å². The maximum absolute atomic E-state index is 8.92. The van der Waals surface area contributed by atoms with Gasteiger partial charge in [0.2, 0.25) is 0 Å². The largest absolute Gasteiger partial charge is 0.396 e. The van der Waals surface area contributed by atoms with Gasteiger partial charge >= 0.3 is 0 Å². The van der Waals surface area contributed by atoms with E-state index in [0.29, 0.717) is 12.5 Å². The van der Waals surface area contributed by atoms with E-state index in [9.17, 15) is 0 Å². The lowest BCUT2D eigenvalue weighted by molar-refractivity contribution is 0.306. The van der Waals surface area contributed by atoms with Gasteiger partial charge in [-0.05, 0) is 12.3 Å². The number of aliphatic imine (C=N–C) groups is 1. The maximum atomic E-state index is 8.92. The Morgan fingerprint density at radius 1 is 0.846 bits per heavy atom. The molecule has 0 aromatic rings. The Morgan fingerprint density at radius 3 is 1.85 bits per heavy atom. The Bertz CT molecular complexity index is 341. The molecule has 154 valence electrons. The van der Waals surface area contributed by atoms with Crippen LogP contribution in [0.4, 0.5) is 0 Å². The molecule has 1 unspecified atom stereocenters. The molecule has 0 bridgehead atoms. The Hall–Kier alpha value is -0.570.